The predicted molar refractivity (Wildman–Crippen MR) is 111 cm³/mol. The van der Waals surface area contributed by atoms with Gasteiger partial charge in [0.15, 0.2) is 0 Å². The van der Waals surface area contributed by atoms with Crippen molar-refractivity contribution in [3.8, 4) is 11.5 Å². The number of hydrogen-bond acceptors (Lipinski definition) is 3. The van der Waals surface area contributed by atoms with Crippen LogP contribution in [0.5, 0.6) is 11.5 Å². The summed E-state index contributed by atoms with van der Waals surface area (Å²) in [7, 11) is 0. The Morgan fingerprint density at radius 3 is 2.46 bits per heavy atom. The summed E-state index contributed by atoms with van der Waals surface area (Å²) in [6, 6.07) is 1.88. The fourth-order valence-electron chi connectivity index (χ4n) is 3.29. The van der Waals surface area contributed by atoms with Crippen LogP contribution in [0, 0.1) is 0 Å². The summed E-state index contributed by atoms with van der Waals surface area (Å²) in [4.78, 5) is 2.20. The Morgan fingerprint density at radius 2 is 1.85 bits per heavy atom. The molecule has 0 saturated carbocycles. The number of anilines is 1. The highest BCUT2D eigenvalue weighted by atomic mass is 16.3. The van der Waals surface area contributed by atoms with E-state index in [9.17, 15) is 10.2 Å². The smallest absolute Gasteiger partial charge is 0.146 e. The van der Waals surface area contributed by atoms with Crippen LogP contribution in [-0.4, -0.2) is 23.3 Å². The highest BCUT2D eigenvalue weighted by Gasteiger charge is 2.27. The average molecular weight is 358 g/mol. The van der Waals surface area contributed by atoms with Crippen molar-refractivity contribution in [3.63, 3.8) is 0 Å². The summed E-state index contributed by atoms with van der Waals surface area (Å²) in [6.45, 7) is 10.5. The molecule has 1 aliphatic rings. The second-order valence-corrected chi connectivity index (χ2v) is 7.75. The van der Waals surface area contributed by atoms with Crippen LogP contribution in [-0.2, 0) is 12.8 Å². The van der Waals surface area contributed by atoms with Crippen molar-refractivity contribution in [1.29, 1.82) is 0 Å². The number of aromatic hydroxyl groups is 2. The van der Waals surface area contributed by atoms with E-state index in [1.165, 1.54) is 24.0 Å². The molecule has 1 aliphatic heterocycles. The van der Waals surface area contributed by atoms with Gasteiger partial charge in [0.1, 0.15) is 11.5 Å². The number of phenols is 2. The molecule has 0 unspecified atom stereocenters. The molecule has 0 aliphatic carbocycles. The van der Waals surface area contributed by atoms with Gasteiger partial charge in [-0.2, -0.15) is 0 Å². The van der Waals surface area contributed by atoms with Gasteiger partial charge in [0.2, 0.25) is 0 Å². The zero-order valence-corrected chi connectivity index (χ0v) is 16.9. The first-order chi connectivity index (χ1) is 12.4. The molecular formula is C23H35NO2. The molecule has 1 saturated heterocycles. The molecule has 26 heavy (non-hydrogen) atoms. The normalized spacial score (nSPS) is 13.8. The molecule has 3 heteroatoms. The van der Waals surface area contributed by atoms with Crippen LogP contribution in [0.1, 0.15) is 70.9 Å². The maximum atomic E-state index is 10.8. The topological polar surface area (TPSA) is 43.5 Å². The molecule has 2 rings (SSSR count). The van der Waals surface area contributed by atoms with Crippen molar-refractivity contribution in [3.05, 3.63) is 40.5 Å². The Balaban J connectivity index is 2.15. The third kappa shape index (κ3) is 5.82. The SMILES string of the molecule is CCCCCc1cc(O)c(CC=C(C)CCC=C(C)C)c(O)c1N1CC1. The van der Waals surface area contributed by atoms with E-state index in [0.717, 1.165) is 50.0 Å². The van der Waals surface area contributed by atoms with Gasteiger partial charge in [0, 0.05) is 18.7 Å². The highest BCUT2D eigenvalue weighted by Crippen LogP contribution is 2.43. The quantitative estimate of drug-likeness (QED) is 0.312. The van der Waals surface area contributed by atoms with Gasteiger partial charge in [-0.1, -0.05) is 43.1 Å². The third-order valence-electron chi connectivity index (χ3n) is 4.99. The molecular weight excluding hydrogens is 322 g/mol. The molecule has 0 radical (unpaired) electrons. The summed E-state index contributed by atoms with van der Waals surface area (Å²) in [5.41, 5.74) is 5.33. The van der Waals surface area contributed by atoms with Crippen LogP contribution in [0.4, 0.5) is 5.69 Å². The Labute approximate surface area is 159 Å². The molecule has 2 N–H and O–H groups in total. The first-order valence-corrected chi connectivity index (χ1v) is 10.0. The number of aryl methyl sites for hydroxylation is 1. The van der Waals surface area contributed by atoms with Crippen LogP contribution >= 0.6 is 0 Å². The van der Waals surface area contributed by atoms with Crippen LogP contribution in [0.25, 0.3) is 0 Å². The monoisotopic (exact) mass is 357 g/mol. The first kappa shape index (κ1) is 20.4. The highest BCUT2D eigenvalue weighted by molar-refractivity contribution is 5.72. The van der Waals surface area contributed by atoms with E-state index in [2.05, 4.69) is 44.7 Å². The molecule has 0 aromatic heterocycles. The van der Waals surface area contributed by atoms with E-state index in [1.807, 2.05) is 6.07 Å². The number of benzene rings is 1. The summed E-state index contributed by atoms with van der Waals surface area (Å²) >= 11 is 0. The number of allylic oxidation sites excluding steroid dienone is 4. The second kappa shape index (κ2) is 9.70. The minimum Gasteiger partial charge on any atom is -0.508 e. The second-order valence-electron chi connectivity index (χ2n) is 7.75. The number of phenolic OH excluding ortho intramolecular Hbond substituents is 2. The maximum absolute atomic E-state index is 10.8. The van der Waals surface area contributed by atoms with Gasteiger partial charge >= 0.3 is 0 Å². The van der Waals surface area contributed by atoms with Crippen molar-refractivity contribution in [1.82, 2.24) is 0 Å². The fraction of sp³-hybridized carbons (Fsp3) is 0.565. The van der Waals surface area contributed by atoms with Gasteiger partial charge in [-0.25, -0.2) is 0 Å². The minimum atomic E-state index is 0.230. The number of unbranched alkanes of at least 4 members (excludes halogenated alkanes) is 2. The summed E-state index contributed by atoms with van der Waals surface area (Å²) in [5.74, 6) is 0.510. The van der Waals surface area contributed by atoms with Crippen LogP contribution in [0.2, 0.25) is 0 Å². The number of hydrogen-bond donors (Lipinski definition) is 2. The van der Waals surface area contributed by atoms with Gasteiger partial charge in [0.05, 0.1) is 5.69 Å². The molecule has 0 amide bonds. The minimum absolute atomic E-state index is 0.230. The summed E-state index contributed by atoms with van der Waals surface area (Å²) in [5, 5.41) is 21.3. The lowest BCUT2D eigenvalue weighted by molar-refractivity contribution is 0.440. The van der Waals surface area contributed by atoms with Gasteiger partial charge in [-0.3, -0.25) is 0 Å². The Kier molecular flexibility index (Phi) is 7.62. The molecule has 1 heterocycles. The number of nitrogens with zero attached hydrogens (tertiary/aromatic N) is 1. The van der Waals surface area contributed by atoms with E-state index < -0.39 is 0 Å². The van der Waals surface area contributed by atoms with E-state index in [0.29, 0.717) is 12.0 Å². The summed E-state index contributed by atoms with van der Waals surface area (Å²) in [6.07, 6.45) is 11.4. The molecule has 1 aromatic rings. The molecule has 0 spiro atoms. The summed E-state index contributed by atoms with van der Waals surface area (Å²) < 4.78 is 0. The third-order valence-corrected chi connectivity index (χ3v) is 4.99. The van der Waals surface area contributed by atoms with Crippen LogP contribution < -0.4 is 4.90 Å². The van der Waals surface area contributed by atoms with Crippen molar-refractivity contribution in [2.75, 3.05) is 18.0 Å². The average Bonchev–Trinajstić information content (AvgIpc) is 3.39. The van der Waals surface area contributed by atoms with Crippen molar-refractivity contribution in [2.45, 2.75) is 72.6 Å². The van der Waals surface area contributed by atoms with Crippen molar-refractivity contribution >= 4 is 5.69 Å². The predicted octanol–water partition coefficient (Wildman–Crippen LogP) is 5.89. The van der Waals surface area contributed by atoms with Gasteiger partial charge in [0.25, 0.3) is 0 Å². The molecule has 144 valence electrons. The standard InChI is InChI=1S/C23H35NO2/c1-5-6-7-11-19-16-21(25)20(23(26)22(19)24-14-15-24)13-12-18(4)10-8-9-17(2)3/h9,12,16,25-26H,5-8,10-11,13-15H2,1-4H3. The zero-order chi connectivity index (χ0) is 19.1. The van der Waals surface area contributed by atoms with Gasteiger partial charge in [-0.05, 0) is 64.5 Å². The molecule has 3 nitrogen and oxygen atoms in total. The molecule has 0 atom stereocenters. The Hall–Kier alpha value is -1.90. The maximum Gasteiger partial charge on any atom is 0.146 e. The largest absolute Gasteiger partial charge is 0.508 e. The molecule has 1 aromatic carbocycles. The lowest BCUT2D eigenvalue weighted by atomic mass is 9.98. The first-order valence-electron chi connectivity index (χ1n) is 10.0. The van der Waals surface area contributed by atoms with Crippen molar-refractivity contribution < 1.29 is 10.2 Å². The van der Waals surface area contributed by atoms with Crippen LogP contribution in [0.15, 0.2) is 29.4 Å². The lowest BCUT2D eigenvalue weighted by Crippen LogP contribution is -2.01. The molecule has 1 fully saturated rings. The Bertz CT molecular complexity index is 665. The fourth-order valence-corrected chi connectivity index (χ4v) is 3.29. The van der Waals surface area contributed by atoms with Gasteiger partial charge < -0.3 is 15.1 Å². The Morgan fingerprint density at radius 1 is 1.12 bits per heavy atom. The number of rotatable bonds is 10. The van der Waals surface area contributed by atoms with E-state index >= 15 is 0 Å². The molecule has 0 bridgehead atoms. The van der Waals surface area contributed by atoms with Gasteiger partial charge in [-0.15, -0.1) is 0 Å². The van der Waals surface area contributed by atoms with E-state index in [-0.39, 0.29) is 11.5 Å². The van der Waals surface area contributed by atoms with E-state index in [1.54, 1.807) is 0 Å². The lowest BCUT2D eigenvalue weighted by Gasteiger charge is -2.17. The zero-order valence-electron chi connectivity index (χ0n) is 16.9. The van der Waals surface area contributed by atoms with Crippen molar-refractivity contribution in [2.24, 2.45) is 0 Å². The van der Waals surface area contributed by atoms with Crippen LogP contribution in [0.3, 0.4) is 0 Å². The van der Waals surface area contributed by atoms with E-state index in [4.69, 9.17) is 0 Å².